The number of nitrogens with one attached hydrogen (secondary N) is 1. The van der Waals surface area contributed by atoms with Crippen molar-refractivity contribution < 1.29 is 14.6 Å². The Labute approximate surface area is 196 Å². The zero-order valence-electron chi connectivity index (χ0n) is 18.8. The van der Waals surface area contributed by atoms with Gasteiger partial charge in [-0.25, -0.2) is 4.68 Å². The van der Waals surface area contributed by atoms with Crippen LogP contribution in [0.25, 0.3) is 0 Å². The summed E-state index contributed by atoms with van der Waals surface area (Å²) in [6.45, 7) is 4.13. The second-order valence-corrected chi connectivity index (χ2v) is 10.1. The number of hydrogen-bond acceptors (Lipinski definition) is 7. The van der Waals surface area contributed by atoms with Crippen molar-refractivity contribution in [2.45, 2.75) is 37.2 Å². The molecular formula is C25H26N4O3S. The lowest BCUT2D eigenvalue weighted by molar-refractivity contribution is -0.125. The third-order valence-corrected chi connectivity index (χ3v) is 6.97. The van der Waals surface area contributed by atoms with Crippen molar-refractivity contribution in [3.05, 3.63) is 71.4 Å². The second kappa shape index (κ2) is 8.26. The molecule has 0 spiro atoms. The van der Waals surface area contributed by atoms with Gasteiger partial charge >= 0.3 is 0 Å². The van der Waals surface area contributed by atoms with Crippen LogP contribution in [0.2, 0.25) is 0 Å². The first-order valence-electron chi connectivity index (χ1n) is 10.9. The van der Waals surface area contributed by atoms with E-state index in [1.807, 2.05) is 24.3 Å². The van der Waals surface area contributed by atoms with E-state index in [-0.39, 0.29) is 23.0 Å². The second-order valence-electron chi connectivity index (χ2n) is 9.15. The molecule has 0 bridgehead atoms. The Bertz CT molecular complexity index is 1240. The minimum atomic E-state index is -0.409. The van der Waals surface area contributed by atoms with Gasteiger partial charge in [0.05, 0.1) is 19.1 Å². The number of Topliss-reactive ketones (excluding diaryl/α,β-unsaturated/α-hetero) is 1. The van der Waals surface area contributed by atoms with E-state index in [9.17, 15) is 9.90 Å². The van der Waals surface area contributed by atoms with Crippen LogP contribution in [-0.2, 0) is 10.5 Å². The Morgan fingerprint density at radius 3 is 2.79 bits per heavy atom. The van der Waals surface area contributed by atoms with Gasteiger partial charge in [-0.1, -0.05) is 68.1 Å². The normalized spacial score (nSPS) is 20.9. The lowest BCUT2D eigenvalue weighted by Gasteiger charge is -2.40. The molecule has 170 valence electrons. The molecule has 1 aliphatic heterocycles. The number of thioether (sulfide) groups is 1. The van der Waals surface area contributed by atoms with Gasteiger partial charge in [0, 0.05) is 17.9 Å². The number of carbonyl (C=O) groups excluding carboxylic acids is 1. The quantitative estimate of drug-likeness (QED) is 0.527. The number of nitrogens with zero attached hydrogens (tertiary/aromatic N) is 3. The molecule has 33 heavy (non-hydrogen) atoms. The summed E-state index contributed by atoms with van der Waals surface area (Å²) in [5.74, 6) is 1.52. The molecule has 7 nitrogen and oxygen atoms in total. The molecule has 0 amide bonds. The number of ketones is 1. The molecule has 5 rings (SSSR count). The number of aromatic hydroxyl groups is 1. The maximum atomic E-state index is 13.3. The van der Waals surface area contributed by atoms with E-state index >= 15 is 0 Å². The van der Waals surface area contributed by atoms with Crippen molar-refractivity contribution >= 4 is 23.5 Å². The Morgan fingerprint density at radius 1 is 1.24 bits per heavy atom. The Morgan fingerprint density at radius 2 is 2.03 bits per heavy atom. The van der Waals surface area contributed by atoms with Crippen LogP contribution in [0.5, 0.6) is 11.5 Å². The van der Waals surface area contributed by atoms with Crippen molar-refractivity contribution in [1.29, 1.82) is 0 Å². The molecule has 8 heteroatoms. The van der Waals surface area contributed by atoms with Gasteiger partial charge in [0.25, 0.3) is 0 Å². The molecule has 0 unspecified atom stereocenters. The van der Waals surface area contributed by atoms with E-state index < -0.39 is 5.92 Å². The van der Waals surface area contributed by atoms with Crippen LogP contribution in [-0.4, -0.2) is 32.8 Å². The number of phenols is 1. The molecule has 1 aliphatic carbocycles. The van der Waals surface area contributed by atoms with Crippen molar-refractivity contribution in [2.24, 2.45) is 11.3 Å². The topological polar surface area (TPSA) is 89.3 Å². The Balaban J connectivity index is 1.57. The summed E-state index contributed by atoms with van der Waals surface area (Å²) in [6, 6.07) is 15.0. The summed E-state index contributed by atoms with van der Waals surface area (Å²) in [4.78, 5) is 18.1. The molecule has 2 aliphatic rings. The lowest BCUT2D eigenvalue weighted by atomic mass is 9.72. The Kier molecular flexibility index (Phi) is 5.40. The van der Waals surface area contributed by atoms with Gasteiger partial charge < -0.3 is 15.2 Å². The highest BCUT2D eigenvalue weighted by atomic mass is 32.2. The number of methoxy groups -OCH3 is 1. The number of rotatable bonds is 5. The summed E-state index contributed by atoms with van der Waals surface area (Å²) in [7, 11) is 1.51. The number of benzene rings is 2. The third kappa shape index (κ3) is 4.11. The van der Waals surface area contributed by atoms with Gasteiger partial charge in [-0.05, 0) is 28.7 Å². The minimum Gasteiger partial charge on any atom is -0.504 e. The van der Waals surface area contributed by atoms with Crippen LogP contribution in [0.1, 0.15) is 37.4 Å². The summed E-state index contributed by atoms with van der Waals surface area (Å²) in [6.07, 6.45) is 2.59. The molecule has 0 fully saturated rings. The molecule has 2 aromatic carbocycles. The Hall–Kier alpha value is -3.26. The van der Waals surface area contributed by atoms with E-state index in [0.29, 0.717) is 23.3 Å². The zero-order valence-corrected chi connectivity index (χ0v) is 19.6. The highest BCUT2D eigenvalue weighted by molar-refractivity contribution is 7.98. The van der Waals surface area contributed by atoms with E-state index in [1.54, 1.807) is 28.6 Å². The van der Waals surface area contributed by atoms with Gasteiger partial charge in [-0.15, -0.1) is 5.10 Å². The number of aromatic nitrogens is 3. The minimum absolute atomic E-state index is 0.0555. The summed E-state index contributed by atoms with van der Waals surface area (Å²) in [5, 5.41) is 18.9. The predicted molar refractivity (Wildman–Crippen MR) is 127 cm³/mol. The molecule has 3 aromatic rings. The number of fused-ring (bicyclic) bond motifs is 2. The van der Waals surface area contributed by atoms with Gasteiger partial charge in [-0.3, -0.25) is 4.79 Å². The van der Waals surface area contributed by atoms with Crippen LogP contribution < -0.4 is 10.1 Å². The molecule has 2 atom stereocenters. The van der Waals surface area contributed by atoms with Crippen LogP contribution in [0, 0.1) is 11.3 Å². The maximum Gasteiger partial charge on any atom is 0.227 e. The number of ether oxygens (including phenoxy) is 1. The predicted octanol–water partition coefficient (Wildman–Crippen LogP) is 4.80. The van der Waals surface area contributed by atoms with Crippen molar-refractivity contribution in [1.82, 2.24) is 14.8 Å². The first-order valence-corrected chi connectivity index (χ1v) is 11.9. The standard InChI is InChI=1S/C25H26N4O3S/c1-25(2)12-17-21(19(31)13-25)22(16-9-10-18(30)20(11-16)32-3)29-23(26-17)27-24(28-29)33-14-15-7-5-4-6-8-15/h4-12,21-22,30H,13-14H2,1-3H3,(H,26,27,28)/t21-,22-/m1/s1. The van der Waals surface area contributed by atoms with E-state index in [4.69, 9.17) is 14.8 Å². The van der Waals surface area contributed by atoms with Crippen LogP contribution in [0.4, 0.5) is 5.95 Å². The van der Waals surface area contributed by atoms with Gasteiger partial charge in [-0.2, -0.15) is 4.98 Å². The van der Waals surface area contributed by atoms with Crippen molar-refractivity contribution in [3.63, 3.8) is 0 Å². The van der Waals surface area contributed by atoms with Crippen LogP contribution >= 0.6 is 11.8 Å². The van der Waals surface area contributed by atoms with Gasteiger partial charge in [0.1, 0.15) is 5.78 Å². The SMILES string of the molecule is COc1cc([C@@H]2[C@H]3C(=O)CC(C)(C)C=C3Nc3nc(SCc4ccccc4)nn32)ccc1O. The summed E-state index contributed by atoms with van der Waals surface area (Å²) < 4.78 is 7.14. The highest BCUT2D eigenvalue weighted by Gasteiger charge is 2.45. The smallest absolute Gasteiger partial charge is 0.227 e. The fourth-order valence-corrected chi connectivity index (χ4v) is 5.39. The molecule has 0 radical (unpaired) electrons. The first kappa shape index (κ1) is 21.6. The maximum absolute atomic E-state index is 13.3. The number of phenolic OH excluding ortho intramolecular Hbond substituents is 1. The van der Waals surface area contributed by atoms with Gasteiger partial charge in [0.15, 0.2) is 11.5 Å². The van der Waals surface area contributed by atoms with E-state index in [2.05, 4.69) is 37.4 Å². The van der Waals surface area contributed by atoms with Crippen molar-refractivity contribution in [3.8, 4) is 11.5 Å². The zero-order chi connectivity index (χ0) is 23.2. The third-order valence-electron chi connectivity index (χ3n) is 6.06. The first-order chi connectivity index (χ1) is 15.8. The fourth-order valence-electron chi connectivity index (χ4n) is 4.60. The number of carbonyl (C=O) groups is 1. The largest absolute Gasteiger partial charge is 0.504 e. The summed E-state index contributed by atoms with van der Waals surface area (Å²) in [5.41, 5.74) is 2.64. The van der Waals surface area contributed by atoms with Gasteiger partial charge in [0.2, 0.25) is 11.1 Å². The van der Waals surface area contributed by atoms with Crippen LogP contribution in [0.3, 0.4) is 0 Å². The number of anilines is 1. The molecule has 2 heterocycles. The molecule has 1 aromatic heterocycles. The monoisotopic (exact) mass is 462 g/mol. The summed E-state index contributed by atoms with van der Waals surface area (Å²) >= 11 is 1.56. The number of hydrogen-bond donors (Lipinski definition) is 2. The molecule has 0 saturated carbocycles. The van der Waals surface area contributed by atoms with E-state index in [0.717, 1.165) is 17.0 Å². The molecule has 2 N–H and O–H groups in total. The lowest BCUT2D eigenvalue weighted by Crippen LogP contribution is -2.42. The average Bonchev–Trinajstić information content (AvgIpc) is 3.19. The molecule has 0 saturated heterocycles. The average molecular weight is 463 g/mol. The highest BCUT2D eigenvalue weighted by Crippen LogP contribution is 2.46. The van der Waals surface area contributed by atoms with E-state index in [1.165, 1.54) is 12.7 Å². The van der Waals surface area contributed by atoms with Crippen LogP contribution in [0.15, 0.2) is 65.5 Å². The fraction of sp³-hybridized carbons (Fsp3) is 0.320. The molecular weight excluding hydrogens is 436 g/mol. The number of allylic oxidation sites excluding steroid dienone is 2. The van der Waals surface area contributed by atoms with Crippen molar-refractivity contribution in [2.75, 3.05) is 12.4 Å².